The average molecular weight is 1260 g/mol. The van der Waals surface area contributed by atoms with Crippen molar-refractivity contribution < 1.29 is 0 Å². The molecule has 0 fully saturated rings. The van der Waals surface area contributed by atoms with Crippen LogP contribution in [0, 0.1) is 5.92 Å². The molecule has 0 aromatic heterocycles. The molecule has 0 radical (unpaired) electrons. The Labute approximate surface area is 578 Å². The summed E-state index contributed by atoms with van der Waals surface area (Å²) >= 11 is 0. The number of hydrogen-bond acceptors (Lipinski definition) is 2. The molecule has 15 aromatic carbocycles. The topological polar surface area (TPSA) is 6.48 Å². The Kier molecular flexibility index (Phi) is 16.0. The summed E-state index contributed by atoms with van der Waals surface area (Å²) in [5.41, 5.74) is 31.1. The minimum Gasteiger partial charge on any atom is -0.310 e. The molecule has 15 aromatic rings. The van der Waals surface area contributed by atoms with E-state index in [0.29, 0.717) is 5.92 Å². The van der Waals surface area contributed by atoms with E-state index in [0.717, 1.165) is 29.2 Å². The molecule has 0 amide bonds. The zero-order valence-electron chi connectivity index (χ0n) is 56.6. The second kappa shape index (κ2) is 25.5. The van der Waals surface area contributed by atoms with Gasteiger partial charge in [-0.2, -0.15) is 0 Å². The van der Waals surface area contributed by atoms with Crippen LogP contribution in [-0.4, -0.2) is 0 Å². The van der Waals surface area contributed by atoms with Gasteiger partial charge in [-0.3, -0.25) is 0 Å². The fourth-order valence-corrected chi connectivity index (χ4v) is 15.4. The Morgan fingerprint density at radius 2 is 0.561 bits per heavy atom. The molecule has 0 saturated heterocycles. The van der Waals surface area contributed by atoms with Gasteiger partial charge in [0.15, 0.2) is 0 Å². The third-order valence-corrected chi connectivity index (χ3v) is 20.5. The Bertz CT molecular complexity index is 5400. The zero-order valence-corrected chi connectivity index (χ0v) is 56.6. The third-order valence-electron chi connectivity index (χ3n) is 20.5. The maximum Gasteiger partial charge on any atom is 0.0546 e. The molecule has 0 heterocycles. The van der Waals surface area contributed by atoms with E-state index in [4.69, 9.17) is 0 Å². The maximum absolute atomic E-state index is 2.52. The Morgan fingerprint density at radius 3 is 1.02 bits per heavy atom. The summed E-state index contributed by atoms with van der Waals surface area (Å²) in [7, 11) is 0. The van der Waals surface area contributed by atoms with Crippen LogP contribution in [0.3, 0.4) is 0 Å². The van der Waals surface area contributed by atoms with Crippen molar-refractivity contribution in [2.45, 2.75) is 58.8 Å². The number of benzene rings is 15. The lowest BCUT2D eigenvalue weighted by Gasteiger charge is -2.31. The minimum absolute atomic E-state index is 0.112. The average Bonchev–Trinajstić information content (AvgIpc) is 1.52. The highest BCUT2D eigenvalue weighted by molar-refractivity contribution is 6.04. The van der Waals surface area contributed by atoms with E-state index >= 15 is 0 Å². The molecule has 0 N–H and O–H groups in total. The summed E-state index contributed by atoms with van der Waals surface area (Å²) in [6, 6.07) is 127. The normalized spacial score (nSPS) is 12.9. The fourth-order valence-electron chi connectivity index (χ4n) is 15.4. The van der Waals surface area contributed by atoms with Crippen molar-refractivity contribution in [3.63, 3.8) is 0 Å². The maximum atomic E-state index is 2.52. The first-order valence-electron chi connectivity index (χ1n) is 34.6. The van der Waals surface area contributed by atoms with Crippen LogP contribution >= 0.6 is 0 Å². The largest absolute Gasteiger partial charge is 0.310 e. The smallest absolute Gasteiger partial charge is 0.0546 e. The number of rotatable bonds is 13. The molecule has 0 saturated carbocycles. The number of hydrogen-bond donors (Lipinski definition) is 0. The van der Waals surface area contributed by atoms with Gasteiger partial charge in [-0.05, 0) is 208 Å². The molecule has 0 spiro atoms. The van der Waals surface area contributed by atoms with Gasteiger partial charge in [0, 0.05) is 44.4 Å². The van der Waals surface area contributed by atoms with Gasteiger partial charge in [0.05, 0.1) is 11.4 Å². The molecule has 0 bridgehead atoms. The first-order valence-corrected chi connectivity index (χ1v) is 34.6. The molecule has 2 heteroatoms. The standard InChI is InChI=1S/C52H41N.C44H37N/c1-51(2)46-22-14-13-21-42(46)44-27-24-39(32-48(44)51)53(50-31-38(35-17-9-6-10-18-35)29-37-19-11-12-20-41(37)50)40-25-28-45-43-26-23-36(34-15-7-5-8-16-34)30-47(43)52(3,4)49(45)33-40;1-32(2)29-33-17-19-36(20-18-33)38-23-27-42(28-24-38)45(41-25-21-37(22-26-41)34-11-5-3-6-12-34)44-31-40(35-13-7-4-8-14-35)30-39-15-9-10-16-43(39)44/h5-33H,1-4H3;3-28,30-32H,29H2,1-2H3. The Hall–Kier alpha value is -11.6. The molecular formula is C96H78N2. The lowest BCUT2D eigenvalue weighted by molar-refractivity contribution is 0.647. The predicted molar refractivity (Wildman–Crippen MR) is 418 cm³/mol. The lowest BCUT2D eigenvalue weighted by Crippen LogP contribution is -2.18. The van der Waals surface area contributed by atoms with Crippen LogP contribution in [-0.2, 0) is 17.3 Å². The van der Waals surface area contributed by atoms with Crippen molar-refractivity contribution in [2.75, 3.05) is 9.80 Å². The second-order valence-corrected chi connectivity index (χ2v) is 28.0. The number of anilines is 6. The summed E-state index contributed by atoms with van der Waals surface area (Å²) in [6.07, 6.45) is 1.10. The van der Waals surface area contributed by atoms with Crippen LogP contribution in [0.15, 0.2) is 346 Å². The van der Waals surface area contributed by atoms with Crippen LogP contribution in [0.4, 0.5) is 34.1 Å². The van der Waals surface area contributed by atoms with E-state index in [9.17, 15) is 0 Å². The van der Waals surface area contributed by atoms with E-state index in [1.54, 1.807) is 0 Å². The van der Waals surface area contributed by atoms with Crippen molar-refractivity contribution in [1.82, 2.24) is 0 Å². The van der Waals surface area contributed by atoms with Crippen molar-refractivity contribution in [2.24, 2.45) is 5.92 Å². The van der Waals surface area contributed by atoms with Gasteiger partial charge >= 0.3 is 0 Å². The first-order chi connectivity index (χ1) is 47.9. The van der Waals surface area contributed by atoms with Gasteiger partial charge < -0.3 is 9.80 Å². The van der Waals surface area contributed by atoms with Crippen molar-refractivity contribution in [1.29, 1.82) is 0 Å². The van der Waals surface area contributed by atoms with Gasteiger partial charge in [0.25, 0.3) is 0 Å². The zero-order chi connectivity index (χ0) is 66.5. The van der Waals surface area contributed by atoms with Crippen molar-refractivity contribution in [3.8, 4) is 77.9 Å². The number of nitrogens with zero attached hydrogens (tertiary/aromatic N) is 2. The van der Waals surface area contributed by atoms with Crippen LogP contribution in [0.1, 0.15) is 69.4 Å². The van der Waals surface area contributed by atoms with Gasteiger partial charge in [-0.1, -0.05) is 308 Å². The second-order valence-electron chi connectivity index (χ2n) is 28.0. The molecular weight excluding hydrogens is 1180 g/mol. The van der Waals surface area contributed by atoms with Crippen LogP contribution < -0.4 is 9.80 Å². The van der Waals surface area contributed by atoms with Crippen LogP contribution in [0.5, 0.6) is 0 Å². The third kappa shape index (κ3) is 11.5. The monoisotopic (exact) mass is 1260 g/mol. The fraction of sp³-hybridized carbons (Fsp3) is 0.104. The molecule has 0 atom stereocenters. The summed E-state index contributed by atoms with van der Waals surface area (Å²) in [5, 5.41) is 4.89. The molecule has 17 rings (SSSR count). The molecule has 2 aliphatic carbocycles. The quantitative estimate of drug-likeness (QED) is 0.114. The molecule has 0 aliphatic heterocycles. The van der Waals surface area contributed by atoms with E-state index in [2.05, 4.69) is 397 Å². The predicted octanol–water partition coefficient (Wildman–Crippen LogP) is 26.8. The van der Waals surface area contributed by atoms with Crippen molar-refractivity contribution in [3.05, 3.63) is 374 Å². The first kappa shape index (κ1) is 61.3. The van der Waals surface area contributed by atoms with Crippen LogP contribution in [0.2, 0.25) is 0 Å². The summed E-state index contributed by atoms with van der Waals surface area (Å²) < 4.78 is 0. The summed E-state index contributed by atoms with van der Waals surface area (Å²) in [5.74, 6) is 0.652. The van der Waals surface area contributed by atoms with Crippen LogP contribution in [0.25, 0.3) is 99.4 Å². The highest BCUT2D eigenvalue weighted by atomic mass is 15.1. The highest BCUT2D eigenvalue weighted by Crippen LogP contribution is 2.55. The van der Waals surface area contributed by atoms with E-state index in [1.807, 2.05) is 0 Å². The van der Waals surface area contributed by atoms with Gasteiger partial charge in [-0.15, -0.1) is 0 Å². The Balaban J connectivity index is 0.000000156. The minimum atomic E-state index is -0.174. The van der Waals surface area contributed by atoms with Crippen molar-refractivity contribution >= 4 is 55.7 Å². The summed E-state index contributed by atoms with van der Waals surface area (Å²) in [6.45, 7) is 14.1. The van der Waals surface area contributed by atoms with Gasteiger partial charge in [0.1, 0.15) is 0 Å². The highest BCUT2D eigenvalue weighted by Gasteiger charge is 2.38. The van der Waals surface area contributed by atoms with E-state index in [1.165, 1.54) is 139 Å². The SMILES string of the molecule is CC(C)Cc1ccc(-c2ccc(N(c3ccc(-c4ccccc4)cc3)c3cc(-c4ccccc4)cc4ccccc34)cc2)cc1.CC1(C)c2ccccc2-c2ccc(N(c3ccc4c(c3)C(C)(C)c3cc(-c5ccccc5)ccc3-4)c3cc(-c4ccccc4)cc4ccccc34)cc21. The molecule has 0 unspecified atom stereocenters. The molecule has 2 nitrogen and oxygen atoms in total. The van der Waals surface area contributed by atoms with Gasteiger partial charge in [0.2, 0.25) is 0 Å². The van der Waals surface area contributed by atoms with E-state index < -0.39 is 0 Å². The molecule has 98 heavy (non-hydrogen) atoms. The summed E-state index contributed by atoms with van der Waals surface area (Å²) in [4.78, 5) is 4.92. The molecule has 472 valence electrons. The van der Waals surface area contributed by atoms with Gasteiger partial charge in [-0.25, -0.2) is 0 Å². The lowest BCUT2D eigenvalue weighted by atomic mass is 9.81. The Morgan fingerprint density at radius 1 is 0.245 bits per heavy atom. The molecule has 2 aliphatic rings. The van der Waals surface area contributed by atoms with E-state index in [-0.39, 0.29) is 10.8 Å². The number of fused-ring (bicyclic) bond motifs is 8.